The second kappa shape index (κ2) is 6.01. The molecule has 1 aliphatic heterocycles. The first-order chi connectivity index (χ1) is 9.88. The van der Waals surface area contributed by atoms with Crippen molar-refractivity contribution in [2.24, 2.45) is 5.92 Å². The molecule has 0 aromatic heterocycles. The van der Waals surface area contributed by atoms with Crippen molar-refractivity contribution in [3.05, 3.63) is 23.8 Å². The summed E-state index contributed by atoms with van der Waals surface area (Å²) in [5, 5.41) is 30.6. The van der Waals surface area contributed by atoms with Crippen LogP contribution in [0.25, 0.3) is 0 Å². The zero-order valence-electron chi connectivity index (χ0n) is 11.6. The molecule has 4 N–H and O–H groups in total. The van der Waals surface area contributed by atoms with Crippen LogP contribution in [0.4, 0.5) is 10.5 Å². The first-order valence-corrected chi connectivity index (χ1v) is 6.68. The minimum Gasteiger partial charge on any atom is -0.506 e. The maximum atomic E-state index is 12.1. The highest BCUT2D eigenvalue weighted by atomic mass is 16.4. The van der Waals surface area contributed by atoms with Crippen molar-refractivity contribution in [3.8, 4) is 5.75 Å². The number of aliphatic hydroxyl groups excluding tert-OH is 1. The van der Waals surface area contributed by atoms with Crippen LogP contribution in [-0.4, -0.2) is 51.4 Å². The summed E-state index contributed by atoms with van der Waals surface area (Å²) in [5.41, 5.74) is 0.103. The maximum absolute atomic E-state index is 12.1. The van der Waals surface area contributed by atoms with Crippen LogP contribution in [0.1, 0.15) is 23.7 Å². The number of aliphatic hydroxyl groups is 1. The molecule has 7 heteroatoms. The lowest BCUT2D eigenvalue weighted by Gasteiger charge is -2.18. The van der Waals surface area contributed by atoms with E-state index < -0.39 is 12.1 Å². The van der Waals surface area contributed by atoms with Gasteiger partial charge in [-0.3, -0.25) is 0 Å². The normalized spacial score (nSPS) is 19.3. The van der Waals surface area contributed by atoms with Gasteiger partial charge in [0.2, 0.25) is 0 Å². The number of rotatable bonds is 3. The van der Waals surface area contributed by atoms with Gasteiger partial charge in [0.15, 0.2) is 0 Å². The van der Waals surface area contributed by atoms with Gasteiger partial charge in [0.1, 0.15) is 5.75 Å². The topological polar surface area (TPSA) is 110 Å². The number of nitrogens with one attached hydrogen (secondary N) is 1. The molecule has 2 rings (SSSR count). The predicted molar refractivity (Wildman–Crippen MR) is 75.4 cm³/mol. The van der Waals surface area contributed by atoms with E-state index in [1.165, 1.54) is 12.1 Å². The number of aromatic hydroxyl groups is 1. The summed E-state index contributed by atoms with van der Waals surface area (Å²) < 4.78 is 0. The van der Waals surface area contributed by atoms with E-state index >= 15 is 0 Å². The third-order valence-electron chi connectivity index (χ3n) is 3.68. The van der Waals surface area contributed by atoms with Crippen molar-refractivity contribution in [1.29, 1.82) is 0 Å². The number of anilines is 1. The molecule has 21 heavy (non-hydrogen) atoms. The number of hydrogen-bond donors (Lipinski definition) is 4. The van der Waals surface area contributed by atoms with Gasteiger partial charge in [-0.15, -0.1) is 0 Å². The molecule has 0 bridgehead atoms. The zero-order chi connectivity index (χ0) is 15.6. The van der Waals surface area contributed by atoms with E-state index in [0.29, 0.717) is 13.1 Å². The Morgan fingerprint density at radius 2 is 2.14 bits per heavy atom. The number of amides is 2. The second-order valence-corrected chi connectivity index (χ2v) is 5.20. The number of carboxylic acid groups (broad SMARTS) is 1. The fourth-order valence-electron chi connectivity index (χ4n) is 2.33. The number of carbonyl (C=O) groups is 2. The summed E-state index contributed by atoms with van der Waals surface area (Å²) in [6, 6.07) is 3.36. The summed E-state index contributed by atoms with van der Waals surface area (Å²) in [6.07, 6.45) is 0.265. The van der Waals surface area contributed by atoms with E-state index in [1.54, 1.807) is 11.8 Å². The highest BCUT2D eigenvalue weighted by Gasteiger charge is 2.29. The summed E-state index contributed by atoms with van der Waals surface area (Å²) in [4.78, 5) is 24.4. The van der Waals surface area contributed by atoms with Gasteiger partial charge in [0.05, 0.1) is 17.4 Å². The minimum absolute atomic E-state index is 0.0544. The average Bonchev–Trinajstić information content (AvgIpc) is 2.90. The molecular formula is C14H18N2O5. The van der Waals surface area contributed by atoms with Crippen molar-refractivity contribution < 1.29 is 24.9 Å². The van der Waals surface area contributed by atoms with Gasteiger partial charge in [0, 0.05) is 19.0 Å². The number of aromatic carboxylic acids is 1. The van der Waals surface area contributed by atoms with Crippen LogP contribution in [0.2, 0.25) is 0 Å². The molecule has 1 aromatic carbocycles. The number of nitrogens with zero attached hydrogens (tertiary/aromatic N) is 1. The predicted octanol–water partition coefficient (Wildman–Crippen LogP) is 1.33. The number of phenols is 1. The van der Waals surface area contributed by atoms with Crippen molar-refractivity contribution in [1.82, 2.24) is 4.90 Å². The smallest absolute Gasteiger partial charge is 0.335 e. The van der Waals surface area contributed by atoms with Gasteiger partial charge in [-0.25, -0.2) is 9.59 Å². The highest BCUT2D eigenvalue weighted by molar-refractivity contribution is 5.93. The molecule has 1 heterocycles. The number of likely N-dealkylation sites (tertiary alicyclic amines) is 1. The van der Waals surface area contributed by atoms with Crippen molar-refractivity contribution in [2.45, 2.75) is 19.4 Å². The fourth-order valence-corrected chi connectivity index (χ4v) is 2.33. The number of benzene rings is 1. The first kappa shape index (κ1) is 15.1. The Bertz CT molecular complexity index is 558. The third kappa shape index (κ3) is 3.43. The molecule has 0 radical (unpaired) electrons. The molecule has 2 unspecified atom stereocenters. The molecule has 1 aliphatic rings. The Morgan fingerprint density at radius 3 is 2.67 bits per heavy atom. The highest BCUT2D eigenvalue weighted by Crippen LogP contribution is 2.26. The number of hydrogen-bond acceptors (Lipinski definition) is 4. The van der Waals surface area contributed by atoms with E-state index in [4.69, 9.17) is 5.11 Å². The van der Waals surface area contributed by atoms with Gasteiger partial charge < -0.3 is 25.5 Å². The molecule has 0 saturated carbocycles. The Balaban J connectivity index is 2.02. The Hall–Kier alpha value is -2.28. The molecular weight excluding hydrogens is 276 g/mol. The molecule has 114 valence electrons. The minimum atomic E-state index is -1.15. The zero-order valence-corrected chi connectivity index (χ0v) is 11.6. The van der Waals surface area contributed by atoms with Crippen LogP contribution < -0.4 is 5.32 Å². The lowest BCUT2D eigenvalue weighted by Crippen LogP contribution is -2.34. The summed E-state index contributed by atoms with van der Waals surface area (Å²) in [6.45, 7) is 2.69. The van der Waals surface area contributed by atoms with Crippen LogP contribution in [0.15, 0.2) is 18.2 Å². The van der Waals surface area contributed by atoms with Crippen molar-refractivity contribution in [3.63, 3.8) is 0 Å². The summed E-state index contributed by atoms with van der Waals surface area (Å²) in [5.74, 6) is -1.39. The monoisotopic (exact) mass is 294 g/mol. The van der Waals surface area contributed by atoms with Gasteiger partial charge in [-0.1, -0.05) is 0 Å². The molecule has 2 amide bonds. The Kier molecular flexibility index (Phi) is 4.32. The van der Waals surface area contributed by atoms with E-state index in [0.717, 1.165) is 12.5 Å². The molecule has 0 spiro atoms. The number of carboxylic acids is 1. The Morgan fingerprint density at radius 1 is 1.43 bits per heavy atom. The molecule has 0 aliphatic carbocycles. The largest absolute Gasteiger partial charge is 0.506 e. The lowest BCUT2D eigenvalue weighted by atomic mass is 10.0. The Labute approximate surface area is 121 Å². The molecule has 1 fully saturated rings. The standard InChI is InChI=1S/C14H18N2O5/c1-8(17)10-4-5-16(7-10)14(21)15-11-3-2-9(13(19)20)6-12(11)18/h2-3,6,8,10,17-18H,4-5,7H2,1H3,(H,15,21)(H,19,20). The van der Waals surface area contributed by atoms with Crippen LogP contribution in [0.5, 0.6) is 5.75 Å². The van der Waals surface area contributed by atoms with Crippen LogP contribution in [0.3, 0.4) is 0 Å². The van der Waals surface area contributed by atoms with E-state index in [1.807, 2.05) is 0 Å². The maximum Gasteiger partial charge on any atom is 0.335 e. The number of urea groups is 1. The van der Waals surface area contributed by atoms with E-state index in [-0.39, 0.29) is 28.9 Å². The van der Waals surface area contributed by atoms with Crippen molar-refractivity contribution in [2.75, 3.05) is 18.4 Å². The van der Waals surface area contributed by atoms with Crippen LogP contribution in [0, 0.1) is 5.92 Å². The first-order valence-electron chi connectivity index (χ1n) is 6.68. The lowest BCUT2D eigenvalue weighted by molar-refractivity contribution is 0.0696. The molecule has 1 saturated heterocycles. The third-order valence-corrected chi connectivity index (χ3v) is 3.68. The fraction of sp³-hybridized carbons (Fsp3) is 0.429. The molecule has 1 aromatic rings. The van der Waals surface area contributed by atoms with Gasteiger partial charge in [0.25, 0.3) is 0 Å². The van der Waals surface area contributed by atoms with Gasteiger partial charge >= 0.3 is 12.0 Å². The SMILES string of the molecule is CC(O)C1CCN(C(=O)Nc2ccc(C(=O)O)cc2O)C1. The average molecular weight is 294 g/mol. The summed E-state index contributed by atoms with van der Waals surface area (Å²) >= 11 is 0. The second-order valence-electron chi connectivity index (χ2n) is 5.20. The van der Waals surface area contributed by atoms with Crippen LogP contribution in [-0.2, 0) is 0 Å². The van der Waals surface area contributed by atoms with Crippen molar-refractivity contribution >= 4 is 17.7 Å². The molecule has 2 atom stereocenters. The molecule has 7 nitrogen and oxygen atoms in total. The van der Waals surface area contributed by atoms with E-state index in [2.05, 4.69) is 5.32 Å². The number of carbonyl (C=O) groups excluding carboxylic acids is 1. The quantitative estimate of drug-likeness (QED) is 0.629. The van der Waals surface area contributed by atoms with Gasteiger partial charge in [-0.2, -0.15) is 0 Å². The number of phenolic OH excluding ortho intramolecular Hbond substituents is 1. The van der Waals surface area contributed by atoms with Gasteiger partial charge in [-0.05, 0) is 31.5 Å². The summed E-state index contributed by atoms with van der Waals surface area (Å²) in [7, 11) is 0. The van der Waals surface area contributed by atoms with Crippen LogP contribution >= 0.6 is 0 Å². The van der Waals surface area contributed by atoms with E-state index in [9.17, 15) is 19.8 Å².